The minimum absolute atomic E-state index is 0.208. The summed E-state index contributed by atoms with van der Waals surface area (Å²) in [4.78, 5) is 26.4. The van der Waals surface area contributed by atoms with Gasteiger partial charge in [-0.3, -0.25) is 9.59 Å². The first-order chi connectivity index (χ1) is 15.1. The highest BCUT2D eigenvalue weighted by Crippen LogP contribution is 2.58. The number of para-hydroxylation sites is 1. The molecule has 0 bridgehead atoms. The molecule has 1 aliphatic carbocycles. The van der Waals surface area contributed by atoms with Crippen molar-refractivity contribution in [2.24, 2.45) is 0 Å². The molecule has 0 radical (unpaired) electrons. The number of hydrogen-bond donors (Lipinski definition) is 4. The van der Waals surface area contributed by atoms with E-state index in [1.54, 1.807) is 29.2 Å². The van der Waals surface area contributed by atoms with Gasteiger partial charge in [0, 0.05) is 24.1 Å². The fourth-order valence-electron chi connectivity index (χ4n) is 5.39. The number of aliphatic hydroxyl groups excluding tert-OH is 3. The Bertz CT molecular complexity index is 1070. The molecule has 8 heteroatoms. The molecule has 1 aliphatic heterocycles. The second kappa shape index (κ2) is 7.95. The maximum atomic E-state index is 14.2. The molecule has 4 rings (SSSR count). The summed E-state index contributed by atoms with van der Waals surface area (Å²) in [6.07, 6.45) is -5.12. The van der Waals surface area contributed by atoms with Crippen LogP contribution < -0.4 is 4.90 Å². The zero-order valence-electron chi connectivity index (χ0n) is 17.8. The van der Waals surface area contributed by atoms with Crippen LogP contribution in [0, 0.1) is 5.82 Å². The van der Waals surface area contributed by atoms with Crippen molar-refractivity contribution in [3.05, 3.63) is 65.0 Å². The molecule has 5 atom stereocenters. The van der Waals surface area contributed by atoms with Gasteiger partial charge in [-0.15, -0.1) is 0 Å². The van der Waals surface area contributed by atoms with Crippen LogP contribution in [0.15, 0.2) is 42.5 Å². The molecule has 2 aromatic rings. The average molecular weight is 443 g/mol. The van der Waals surface area contributed by atoms with Crippen molar-refractivity contribution in [1.82, 2.24) is 0 Å². The number of carbonyl (C=O) groups is 2. The van der Waals surface area contributed by atoms with Gasteiger partial charge in [-0.1, -0.05) is 24.3 Å². The van der Waals surface area contributed by atoms with Gasteiger partial charge in [0.1, 0.15) is 11.2 Å². The van der Waals surface area contributed by atoms with Crippen molar-refractivity contribution in [1.29, 1.82) is 0 Å². The van der Waals surface area contributed by atoms with Crippen LogP contribution in [0.5, 0.6) is 0 Å². The first kappa shape index (κ1) is 22.4. The zero-order chi connectivity index (χ0) is 23.4. The minimum atomic E-state index is -1.53. The number of hydrogen-bond acceptors (Lipinski definition) is 5. The first-order valence-electron chi connectivity index (χ1n) is 10.6. The molecule has 1 amide bonds. The Labute approximate surface area is 184 Å². The summed E-state index contributed by atoms with van der Waals surface area (Å²) in [5.74, 6) is -3.27. The molecule has 4 N–H and O–H groups in total. The van der Waals surface area contributed by atoms with E-state index in [0.29, 0.717) is 16.8 Å². The van der Waals surface area contributed by atoms with Gasteiger partial charge < -0.3 is 25.3 Å². The molecule has 2 aromatic carbocycles. The third-order valence-corrected chi connectivity index (χ3v) is 6.58. The standard InChI is InChI=1S/C24H26FNO6/c1-12(2)26-18-6-4-3-5-17(18)24(23(26)32)16-8-7-13(25)9-15(16)21(22(24)31)19(28)10-14(27)11-20(29)30/h3-9,12,14,19,21-22,27-28,31H,10-11H2,1-2H3,(H,29,30)/t14-,19+,21?,22?,24?/m1/s1. The summed E-state index contributed by atoms with van der Waals surface area (Å²) >= 11 is 0. The molecule has 0 saturated carbocycles. The van der Waals surface area contributed by atoms with E-state index >= 15 is 0 Å². The number of aliphatic hydroxyl groups is 3. The molecule has 1 heterocycles. The number of anilines is 1. The number of benzene rings is 2. The lowest BCUT2D eigenvalue weighted by Crippen LogP contribution is -2.50. The van der Waals surface area contributed by atoms with Crippen LogP contribution in [0.25, 0.3) is 0 Å². The van der Waals surface area contributed by atoms with E-state index in [0.717, 1.165) is 0 Å². The Morgan fingerprint density at radius 2 is 1.84 bits per heavy atom. The van der Waals surface area contributed by atoms with Crippen LogP contribution in [-0.4, -0.2) is 56.7 Å². The minimum Gasteiger partial charge on any atom is -0.481 e. The lowest BCUT2D eigenvalue weighted by molar-refractivity contribution is -0.139. The van der Waals surface area contributed by atoms with Gasteiger partial charge in [0.2, 0.25) is 5.91 Å². The number of carbonyl (C=O) groups excluding carboxylic acids is 1. The second-order valence-electron chi connectivity index (χ2n) is 8.85. The van der Waals surface area contributed by atoms with E-state index in [1.165, 1.54) is 18.2 Å². The van der Waals surface area contributed by atoms with Gasteiger partial charge in [0.05, 0.1) is 24.7 Å². The maximum Gasteiger partial charge on any atom is 0.305 e. The van der Waals surface area contributed by atoms with E-state index in [9.17, 15) is 29.3 Å². The maximum absolute atomic E-state index is 14.2. The fourth-order valence-corrected chi connectivity index (χ4v) is 5.39. The highest BCUT2D eigenvalue weighted by Gasteiger charge is 2.64. The Morgan fingerprint density at radius 1 is 1.16 bits per heavy atom. The Hall–Kier alpha value is -2.81. The molecule has 0 fully saturated rings. The van der Waals surface area contributed by atoms with Gasteiger partial charge in [0.25, 0.3) is 0 Å². The van der Waals surface area contributed by atoms with E-state index < -0.39 is 47.9 Å². The van der Waals surface area contributed by atoms with Crippen molar-refractivity contribution in [3.8, 4) is 0 Å². The molecule has 0 saturated heterocycles. The van der Waals surface area contributed by atoms with Crippen molar-refractivity contribution >= 4 is 17.6 Å². The van der Waals surface area contributed by atoms with Gasteiger partial charge in [-0.25, -0.2) is 4.39 Å². The summed E-state index contributed by atoms with van der Waals surface area (Å²) in [7, 11) is 0. The molecule has 3 unspecified atom stereocenters. The summed E-state index contributed by atoms with van der Waals surface area (Å²) in [5, 5.41) is 41.5. The number of amides is 1. The highest BCUT2D eigenvalue weighted by atomic mass is 19.1. The van der Waals surface area contributed by atoms with Crippen molar-refractivity contribution in [3.63, 3.8) is 0 Å². The lowest BCUT2D eigenvalue weighted by atomic mass is 9.73. The number of rotatable bonds is 6. The summed E-state index contributed by atoms with van der Waals surface area (Å²) < 4.78 is 14.2. The molecule has 32 heavy (non-hydrogen) atoms. The number of carboxylic acids is 1. The van der Waals surface area contributed by atoms with Crippen LogP contribution in [0.2, 0.25) is 0 Å². The zero-order valence-corrected chi connectivity index (χ0v) is 17.8. The van der Waals surface area contributed by atoms with Crippen LogP contribution in [0.3, 0.4) is 0 Å². The molecule has 2 aliphatic rings. The van der Waals surface area contributed by atoms with Crippen LogP contribution in [0.4, 0.5) is 10.1 Å². The smallest absolute Gasteiger partial charge is 0.305 e. The second-order valence-corrected chi connectivity index (χ2v) is 8.85. The Kier molecular flexibility index (Phi) is 5.56. The van der Waals surface area contributed by atoms with Crippen LogP contribution >= 0.6 is 0 Å². The molecule has 170 valence electrons. The Balaban J connectivity index is 1.87. The van der Waals surface area contributed by atoms with Crippen LogP contribution in [0.1, 0.15) is 49.3 Å². The fraction of sp³-hybridized carbons (Fsp3) is 0.417. The first-order valence-corrected chi connectivity index (χ1v) is 10.6. The molecule has 7 nitrogen and oxygen atoms in total. The van der Waals surface area contributed by atoms with E-state index in [2.05, 4.69) is 0 Å². The van der Waals surface area contributed by atoms with Gasteiger partial charge in [0.15, 0.2) is 0 Å². The summed E-state index contributed by atoms with van der Waals surface area (Å²) in [5.41, 5.74) is 0.362. The molecule has 1 spiro atoms. The average Bonchev–Trinajstić information content (AvgIpc) is 3.11. The lowest BCUT2D eigenvalue weighted by Gasteiger charge is -2.33. The number of carboxylic acid groups (broad SMARTS) is 1. The number of aliphatic carboxylic acids is 1. The van der Waals surface area contributed by atoms with Gasteiger partial charge in [-0.2, -0.15) is 0 Å². The van der Waals surface area contributed by atoms with Crippen molar-refractivity contribution < 1.29 is 34.4 Å². The number of nitrogens with zero attached hydrogens (tertiary/aromatic N) is 1. The number of halogens is 1. The topological polar surface area (TPSA) is 118 Å². The van der Waals surface area contributed by atoms with E-state index in [-0.39, 0.29) is 23.9 Å². The summed E-state index contributed by atoms with van der Waals surface area (Å²) in [6.45, 7) is 3.71. The van der Waals surface area contributed by atoms with Gasteiger partial charge in [-0.05, 0) is 48.7 Å². The van der Waals surface area contributed by atoms with Crippen molar-refractivity contribution in [2.45, 2.75) is 62.4 Å². The summed E-state index contributed by atoms with van der Waals surface area (Å²) in [6, 6.07) is 10.8. The molecular weight excluding hydrogens is 417 g/mol. The third kappa shape index (κ3) is 3.13. The normalized spacial score (nSPS) is 25.8. The predicted molar refractivity (Wildman–Crippen MR) is 114 cm³/mol. The largest absolute Gasteiger partial charge is 0.481 e. The van der Waals surface area contributed by atoms with Crippen LogP contribution in [-0.2, 0) is 15.0 Å². The molecule has 0 aromatic heterocycles. The van der Waals surface area contributed by atoms with Crippen molar-refractivity contribution in [2.75, 3.05) is 4.90 Å². The van der Waals surface area contributed by atoms with E-state index in [4.69, 9.17) is 5.11 Å². The predicted octanol–water partition coefficient (Wildman–Crippen LogP) is 1.91. The Morgan fingerprint density at radius 3 is 2.50 bits per heavy atom. The quantitative estimate of drug-likeness (QED) is 0.542. The highest BCUT2D eigenvalue weighted by molar-refractivity contribution is 6.12. The van der Waals surface area contributed by atoms with E-state index in [1.807, 2.05) is 13.8 Å². The number of fused-ring (bicyclic) bond motifs is 4. The SMILES string of the molecule is CC(C)N1C(=O)C2(c3ccc(F)cc3C([C@@H](O)C[C@@H](O)CC(=O)O)C2O)c2ccccc21. The monoisotopic (exact) mass is 443 g/mol. The molecular formula is C24H26FNO6. The third-order valence-electron chi connectivity index (χ3n) is 6.58. The van der Waals surface area contributed by atoms with Gasteiger partial charge >= 0.3 is 5.97 Å².